The van der Waals surface area contributed by atoms with Crippen LogP contribution in [0.3, 0.4) is 0 Å². The minimum Gasteiger partial charge on any atom is -0.493 e. The SMILES string of the molecule is CC(C)(C)OC(=O)NC(C)(C(=O)O)c1cc(C=O)ccc1OCCCO[N+](=O)[O-]. The summed E-state index contributed by atoms with van der Waals surface area (Å²) in [6.07, 6.45) is -0.295. The van der Waals surface area contributed by atoms with Crippen LogP contribution in [0.2, 0.25) is 0 Å². The highest BCUT2D eigenvalue weighted by Crippen LogP contribution is 2.32. The maximum Gasteiger partial charge on any atom is 0.408 e. The first-order valence-electron chi connectivity index (χ1n) is 8.63. The lowest BCUT2D eigenvalue weighted by molar-refractivity contribution is -0.757. The Hall–Kier alpha value is -3.37. The highest BCUT2D eigenvalue weighted by atomic mass is 16.9. The highest BCUT2D eigenvalue weighted by Gasteiger charge is 2.41. The van der Waals surface area contributed by atoms with Crippen LogP contribution in [0.4, 0.5) is 4.79 Å². The molecule has 0 radical (unpaired) electrons. The summed E-state index contributed by atoms with van der Waals surface area (Å²) in [5.41, 5.74) is -2.66. The summed E-state index contributed by atoms with van der Waals surface area (Å²) < 4.78 is 10.7. The minimum atomic E-state index is -1.98. The zero-order valence-corrected chi connectivity index (χ0v) is 16.6. The zero-order chi connectivity index (χ0) is 22.2. The Balaban J connectivity index is 3.15. The average molecular weight is 412 g/mol. The van der Waals surface area contributed by atoms with Gasteiger partial charge in [-0.3, -0.25) is 4.79 Å². The van der Waals surface area contributed by atoms with Crippen molar-refractivity contribution in [1.82, 2.24) is 5.32 Å². The molecule has 11 nitrogen and oxygen atoms in total. The van der Waals surface area contributed by atoms with Crippen LogP contribution in [0.1, 0.15) is 50.0 Å². The first kappa shape index (κ1) is 23.7. The standard InChI is InChI=1S/C18H24N2O9/c1-17(2,3)29-16(24)19-18(4,15(22)23)13-10-12(11-21)6-7-14(13)27-8-5-9-28-20(25)26/h6-7,10-11H,5,8-9H2,1-4H3,(H,19,24)(H,22,23). The molecule has 0 aliphatic heterocycles. The molecule has 0 saturated heterocycles. The molecule has 2 N–H and O–H groups in total. The Morgan fingerprint density at radius 1 is 1.24 bits per heavy atom. The van der Waals surface area contributed by atoms with Crippen LogP contribution < -0.4 is 10.1 Å². The maximum atomic E-state index is 12.2. The number of ether oxygens (including phenoxy) is 2. The van der Waals surface area contributed by atoms with Gasteiger partial charge in [0.05, 0.1) is 13.2 Å². The van der Waals surface area contributed by atoms with Crippen molar-refractivity contribution in [3.05, 3.63) is 39.4 Å². The highest BCUT2D eigenvalue weighted by molar-refractivity contribution is 5.87. The number of carboxylic acids is 1. The van der Waals surface area contributed by atoms with E-state index in [0.29, 0.717) is 6.29 Å². The van der Waals surface area contributed by atoms with Crippen molar-refractivity contribution in [3.8, 4) is 5.75 Å². The van der Waals surface area contributed by atoms with Crippen LogP contribution in [-0.4, -0.2) is 47.4 Å². The van der Waals surface area contributed by atoms with Gasteiger partial charge < -0.3 is 24.7 Å². The quantitative estimate of drug-likeness (QED) is 0.255. The number of aliphatic carboxylic acids is 1. The number of alkyl carbamates (subject to hydrolysis) is 1. The molecule has 1 amide bonds. The fourth-order valence-corrected chi connectivity index (χ4v) is 2.26. The number of carbonyl (C=O) groups excluding carboxylic acids is 2. The van der Waals surface area contributed by atoms with Crippen LogP contribution in [0.25, 0.3) is 0 Å². The summed E-state index contributed by atoms with van der Waals surface area (Å²) in [6.45, 7) is 5.87. The van der Waals surface area contributed by atoms with E-state index in [-0.39, 0.29) is 36.5 Å². The van der Waals surface area contributed by atoms with Crippen molar-refractivity contribution >= 4 is 18.3 Å². The Bertz CT molecular complexity index is 773. The van der Waals surface area contributed by atoms with Crippen LogP contribution in [0, 0.1) is 10.1 Å². The first-order valence-corrected chi connectivity index (χ1v) is 8.63. The predicted molar refractivity (Wildman–Crippen MR) is 99.2 cm³/mol. The largest absolute Gasteiger partial charge is 0.493 e. The third kappa shape index (κ3) is 7.28. The van der Waals surface area contributed by atoms with Crippen molar-refractivity contribution in [2.45, 2.75) is 45.3 Å². The maximum absolute atomic E-state index is 12.2. The Labute approximate surface area is 167 Å². The smallest absolute Gasteiger partial charge is 0.408 e. The lowest BCUT2D eigenvalue weighted by Crippen LogP contribution is -2.51. The van der Waals surface area contributed by atoms with Gasteiger partial charge in [-0.25, -0.2) is 9.59 Å². The summed E-state index contributed by atoms with van der Waals surface area (Å²) in [5.74, 6) is -1.33. The van der Waals surface area contributed by atoms with Gasteiger partial charge in [-0.1, -0.05) is 0 Å². The summed E-state index contributed by atoms with van der Waals surface area (Å²) in [5, 5.41) is 21.3. The normalized spacial score (nSPS) is 13.0. The molecule has 0 aliphatic carbocycles. The van der Waals surface area contributed by atoms with Gasteiger partial charge in [0, 0.05) is 17.5 Å². The number of nitrogens with one attached hydrogen (secondary N) is 1. The predicted octanol–water partition coefficient (Wildman–Crippen LogP) is 2.30. The van der Waals surface area contributed by atoms with Crippen LogP contribution >= 0.6 is 0 Å². The Kier molecular flexibility index (Phi) is 7.93. The topological polar surface area (TPSA) is 154 Å². The molecule has 0 bridgehead atoms. The lowest BCUT2D eigenvalue weighted by Gasteiger charge is -2.30. The van der Waals surface area contributed by atoms with E-state index in [9.17, 15) is 29.6 Å². The second kappa shape index (κ2) is 9.71. The second-order valence-corrected chi connectivity index (χ2v) is 7.19. The van der Waals surface area contributed by atoms with Gasteiger partial charge in [0.1, 0.15) is 17.6 Å². The molecular weight excluding hydrogens is 388 g/mol. The monoisotopic (exact) mass is 412 g/mol. The molecule has 29 heavy (non-hydrogen) atoms. The van der Waals surface area contributed by atoms with E-state index in [1.54, 1.807) is 20.8 Å². The number of carboxylic acid groups (broad SMARTS) is 1. The summed E-state index contributed by atoms with van der Waals surface area (Å²) in [4.78, 5) is 49.7. The van der Waals surface area contributed by atoms with E-state index in [1.165, 1.54) is 25.1 Å². The lowest BCUT2D eigenvalue weighted by atomic mass is 9.90. The third-order valence-corrected chi connectivity index (χ3v) is 3.60. The molecule has 0 saturated carbocycles. The van der Waals surface area contributed by atoms with Gasteiger partial charge in [0.2, 0.25) is 0 Å². The minimum absolute atomic E-state index is 0.00986. The van der Waals surface area contributed by atoms with Crippen LogP contribution in [0.15, 0.2) is 18.2 Å². The van der Waals surface area contributed by atoms with E-state index in [0.717, 1.165) is 0 Å². The number of amides is 1. The van der Waals surface area contributed by atoms with Crippen molar-refractivity contribution < 1.29 is 38.9 Å². The number of carbonyl (C=O) groups is 3. The number of nitrogens with zero attached hydrogens (tertiary/aromatic N) is 1. The van der Waals surface area contributed by atoms with E-state index < -0.39 is 28.3 Å². The van der Waals surface area contributed by atoms with Crippen molar-refractivity contribution in [2.24, 2.45) is 0 Å². The molecule has 1 rings (SSSR count). The third-order valence-electron chi connectivity index (χ3n) is 3.60. The van der Waals surface area contributed by atoms with Crippen LogP contribution in [0.5, 0.6) is 5.75 Å². The van der Waals surface area contributed by atoms with E-state index in [1.807, 2.05) is 0 Å². The van der Waals surface area contributed by atoms with Crippen molar-refractivity contribution in [2.75, 3.05) is 13.2 Å². The van der Waals surface area contributed by atoms with E-state index in [2.05, 4.69) is 10.2 Å². The van der Waals surface area contributed by atoms with E-state index >= 15 is 0 Å². The fraction of sp³-hybridized carbons (Fsp3) is 0.500. The first-order chi connectivity index (χ1) is 13.4. The number of hydrogen-bond donors (Lipinski definition) is 2. The van der Waals surface area contributed by atoms with Crippen LogP contribution in [-0.2, 0) is 19.9 Å². The molecule has 0 aromatic heterocycles. The number of aldehydes is 1. The molecule has 0 fully saturated rings. The Morgan fingerprint density at radius 2 is 1.90 bits per heavy atom. The molecule has 0 aliphatic rings. The molecule has 1 aromatic carbocycles. The summed E-state index contributed by atoms with van der Waals surface area (Å²) >= 11 is 0. The molecule has 1 unspecified atom stereocenters. The molecule has 1 atom stereocenters. The molecule has 0 spiro atoms. The van der Waals surface area contributed by atoms with Crippen molar-refractivity contribution in [1.29, 1.82) is 0 Å². The molecule has 11 heteroatoms. The average Bonchev–Trinajstić information content (AvgIpc) is 2.59. The molecule has 160 valence electrons. The van der Waals surface area contributed by atoms with Gasteiger partial charge in [-0.15, -0.1) is 10.1 Å². The van der Waals surface area contributed by atoms with Gasteiger partial charge in [0.25, 0.3) is 5.09 Å². The zero-order valence-electron chi connectivity index (χ0n) is 16.6. The number of benzene rings is 1. The summed E-state index contributed by atoms with van der Waals surface area (Å²) in [6, 6.07) is 4.07. The van der Waals surface area contributed by atoms with Gasteiger partial charge in [-0.05, 0) is 45.9 Å². The molecule has 0 heterocycles. The molecule has 1 aromatic rings. The van der Waals surface area contributed by atoms with Gasteiger partial charge in [-0.2, -0.15) is 0 Å². The van der Waals surface area contributed by atoms with Gasteiger partial charge in [0.15, 0.2) is 5.54 Å². The Morgan fingerprint density at radius 3 is 2.41 bits per heavy atom. The molecular formula is C18H24N2O9. The van der Waals surface area contributed by atoms with Gasteiger partial charge >= 0.3 is 12.1 Å². The van der Waals surface area contributed by atoms with Crippen molar-refractivity contribution in [3.63, 3.8) is 0 Å². The summed E-state index contributed by atoms with van der Waals surface area (Å²) in [7, 11) is 0. The number of rotatable bonds is 10. The second-order valence-electron chi connectivity index (χ2n) is 7.19. The fourth-order valence-electron chi connectivity index (χ4n) is 2.26. The number of hydrogen-bond acceptors (Lipinski definition) is 8. The van der Waals surface area contributed by atoms with E-state index in [4.69, 9.17) is 9.47 Å².